The Morgan fingerprint density at radius 1 is 0.118 bits per heavy atom. The molecule has 0 heteroatoms. The molecule has 0 nitrogen and oxygen atoms in total. The highest BCUT2D eigenvalue weighted by molar-refractivity contribution is 6.24. The maximum Gasteiger partial charge on any atom is -0.00259 e. The standard InChI is InChI=1S/C40H26.C36H24/c1-2-10-27(11-3-1)32-22-23-37-38(26-32)40(34-21-19-29-13-5-7-15-31(29)25-34)36-17-9-8-16-35(36)39(37)33-20-18-28-12-4-6-14-30(28)24-33;1-2-10-25(11-3-1)27-18-21-28(22-19-27)35-31-14-6-8-16-33(31)36(34-17-9-7-15-32(34)35)30-23-20-26-12-4-5-13-29(26)24-30/h1-26H;1-24H. The van der Waals surface area contributed by atoms with E-state index in [-0.39, 0.29) is 0 Å². The Hall–Kier alpha value is -9.88. The Morgan fingerprint density at radius 2 is 0.368 bits per heavy atom. The van der Waals surface area contributed by atoms with E-state index in [9.17, 15) is 0 Å². The van der Waals surface area contributed by atoms with Crippen LogP contribution in [-0.2, 0) is 0 Å². The van der Waals surface area contributed by atoms with Gasteiger partial charge in [-0.25, -0.2) is 0 Å². The van der Waals surface area contributed by atoms with Crippen molar-refractivity contribution in [3.05, 3.63) is 303 Å². The number of hydrogen-bond acceptors (Lipinski definition) is 0. The van der Waals surface area contributed by atoms with Crippen LogP contribution >= 0.6 is 0 Å². The first-order valence-corrected chi connectivity index (χ1v) is 26.3. The Bertz CT molecular complexity index is 4610. The third kappa shape index (κ3) is 8.05. The molecule has 0 aromatic heterocycles. The van der Waals surface area contributed by atoms with Gasteiger partial charge in [-0.15, -0.1) is 0 Å². The molecule has 0 heterocycles. The molecule has 15 aromatic rings. The molecule has 0 aliphatic rings. The quantitative estimate of drug-likeness (QED) is 0.146. The second kappa shape index (κ2) is 19.2. The summed E-state index contributed by atoms with van der Waals surface area (Å²) in [6, 6.07) is 110. The normalized spacial score (nSPS) is 11.4. The van der Waals surface area contributed by atoms with Gasteiger partial charge in [-0.3, -0.25) is 0 Å². The fourth-order valence-electron chi connectivity index (χ4n) is 11.9. The van der Waals surface area contributed by atoms with E-state index in [0.29, 0.717) is 0 Å². The number of rotatable bonds is 6. The molecule has 354 valence electrons. The summed E-state index contributed by atoms with van der Waals surface area (Å²) in [6.07, 6.45) is 0. The van der Waals surface area contributed by atoms with Gasteiger partial charge in [0.2, 0.25) is 0 Å². The zero-order valence-corrected chi connectivity index (χ0v) is 41.9. The maximum atomic E-state index is 2.40. The molecule has 0 saturated heterocycles. The van der Waals surface area contributed by atoms with Crippen molar-refractivity contribution < 1.29 is 0 Å². The SMILES string of the molecule is c1ccc(-c2ccc(-c3c4ccccc4c(-c4ccc5ccccc5c4)c4ccccc34)cc2)cc1.c1ccc(-c2ccc3c(-c4ccc5ccccc5c4)c4ccccc4c(-c4ccc5ccccc5c4)c3c2)cc1. The second-order valence-electron chi connectivity index (χ2n) is 19.9. The van der Waals surface area contributed by atoms with Crippen LogP contribution < -0.4 is 0 Å². The van der Waals surface area contributed by atoms with Gasteiger partial charge in [0.15, 0.2) is 0 Å². The number of benzene rings is 15. The molecule has 15 aromatic carbocycles. The molecule has 0 amide bonds. The topological polar surface area (TPSA) is 0 Å². The first kappa shape index (κ1) is 44.8. The molecule has 0 fully saturated rings. The summed E-state index contributed by atoms with van der Waals surface area (Å²) in [4.78, 5) is 0. The van der Waals surface area contributed by atoms with Crippen LogP contribution in [0.4, 0.5) is 0 Å². The second-order valence-corrected chi connectivity index (χ2v) is 19.9. The van der Waals surface area contributed by atoms with Crippen molar-refractivity contribution in [3.63, 3.8) is 0 Å². The van der Waals surface area contributed by atoms with Crippen LogP contribution in [-0.4, -0.2) is 0 Å². The van der Waals surface area contributed by atoms with Gasteiger partial charge in [0.25, 0.3) is 0 Å². The van der Waals surface area contributed by atoms with Crippen molar-refractivity contribution in [3.8, 4) is 66.8 Å². The average Bonchev–Trinajstić information content (AvgIpc) is 3.55. The summed E-state index contributed by atoms with van der Waals surface area (Å²) in [5.41, 5.74) is 15.1. The van der Waals surface area contributed by atoms with Crippen molar-refractivity contribution in [2.24, 2.45) is 0 Å². The van der Waals surface area contributed by atoms with E-state index in [0.717, 1.165) is 0 Å². The summed E-state index contributed by atoms with van der Waals surface area (Å²) in [5, 5.41) is 17.8. The van der Waals surface area contributed by atoms with Crippen LogP contribution in [0.25, 0.3) is 142 Å². The van der Waals surface area contributed by atoms with Gasteiger partial charge in [0, 0.05) is 0 Å². The Balaban J connectivity index is 0.000000140. The van der Waals surface area contributed by atoms with E-state index in [4.69, 9.17) is 0 Å². The molecule has 0 unspecified atom stereocenters. The van der Waals surface area contributed by atoms with Crippen LogP contribution in [0.1, 0.15) is 0 Å². The third-order valence-corrected chi connectivity index (χ3v) is 15.5. The van der Waals surface area contributed by atoms with E-state index < -0.39 is 0 Å². The Labute approximate surface area is 443 Å². The van der Waals surface area contributed by atoms with Gasteiger partial charge >= 0.3 is 0 Å². The lowest BCUT2D eigenvalue weighted by Crippen LogP contribution is -1.92. The first-order chi connectivity index (χ1) is 37.7. The van der Waals surface area contributed by atoms with E-state index in [1.54, 1.807) is 0 Å². The lowest BCUT2D eigenvalue weighted by Gasteiger charge is -2.19. The van der Waals surface area contributed by atoms with Crippen molar-refractivity contribution in [2.75, 3.05) is 0 Å². The van der Waals surface area contributed by atoms with Crippen LogP contribution in [0.2, 0.25) is 0 Å². The van der Waals surface area contributed by atoms with Gasteiger partial charge < -0.3 is 0 Å². The highest BCUT2D eigenvalue weighted by Crippen LogP contribution is 2.47. The van der Waals surface area contributed by atoms with Gasteiger partial charge in [-0.05, 0) is 166 Å². The molecule has 0 saturated carbocycles. The largest absolute Gasteiger partial charge is 0.0622 e. The molecule has 0 aliphatic carbocycles. The molecular formula is C76H50. The fourth-order valence-corrected chi connectivity index (χ4v) is 11.9. The van der Waals surface area contributed by atoms with Crippen LogP contribution in [0.3, 0.4) is 0 Å². The van der Waals surface area contributed by atoms with Crippen molar-refractivity contribution in [2.45, 2.75) is 0 Å². The molecule has 0 N–H and O–H groups in total. The predicted octanol–water partition coefficient (Wildman–Crippen LogP) is 21.4. The zero-order valence-electron chi connectivity index (χ0n) is 41.9. The highest BCUT2D eigenvalue weighted by atomic mass is 14.2. The van der Waals surface area contributed by atoms with E-state index in [1.807, 2.05) is 0 Å². The molecule has 76 heavy (non-hydrogen) atoms. The van der Waals surface area contributed by atoms with E-state index in [1.165, 1.54) is 142 Å². The Kier molecular flexibility index (Phi) is 11.3. The maximum absolute atomic E-state index is 2.40. The minimum atomic E-state index is 1.23. The van der Waals surface area contributed by atoms with Crippen LogP contribution in [0.15, 0.2) is 303 Å². The summed E-state index contributed by atoms with van der Waals surface area (Å²) in [5.74, 6) is 0. The monoisotopic (exact) mass is 962 g/mol. The summed E-state index contributed by atoms with van der Waals surface area (Å²) in [6.45, 7) is 0. The van der Waals surface area contributed by atoms with Gasteiger partial charge in [0.05, 0.1) is 0 Å². The lowest BCUT2D eigenvalue weighted by molar-refractivity contribution is 1.61. The minimum Gasteiger partial charge on any atom is -0.0622 e. The van der Waals surface area contributed by atoms with E-state index in [2.05, 4.69) is 303 Å². The van der Waals surface area contributed by atoms with Gasteiger partial charge in [-0.1, -0.05) is 279 Å². The predicted molar refractivity (Wildman–Crippen MR) is 328 cm³/mol. The molecule has 0 spiro atoms. The molecule has 0 atom stereocenters. The lowest BCUT2D eigenvalue weighted by atomic mass is 9.84. The fraction of sp³-hybridized carbons (Fsp3) is 0. The summed E-state index contributed by atoms with van der Waals surface area (Å²) in [7, 11) is 0. The number of hydrogen-bond donors (Lipinski definition) is 0. The number of fused-ring (bicyclic) bond motifs is 7. The smallest absolute Gasteiger partial charge is 0.00259 e. The summed E-state index contributed by atoms with van der Waals surface area (Å²) < 4.78 is 0. The van der Waals surface area contributed by atoms with Gasteiger partial charge in [0.1, 0.15) is 0 Å². The Morgan fingerprint density at radius 3 is 0.763 bits per heavy atom. The van der Waals surface area contributed by atoms with Crippen molar-refractivity contribution >= 4 is 75.4 Å². The summed E-state index contributed by atoms with van der Waals surface area (Å²) >= 11 is 0. The van der Waals surface area contributed by atoms with Crippen LogP contribution in [0, 0.1) is 0 Å². The zero-order chi connectivity index (χ0) is 50.4. The van der Waals surface area contributed by atoms with Gasteiger partial charge in [-0.2, -0.15) is 0 Å². The third-order valence-electron chi connectivity index (χ3n) is 15.5. The van der Waals surface area contributed by atoms with E-state index >= 15 is 0 Å². The average molecular weight is 963 g/mol. The molecular weight excluding hydrogens is 913 g/mol. The first-order valence-electron chi connectivity index (χ1n) is 26.3. The van der Waals surface area contributed by atoms with Crippen molar-refractivity contribution in [1.82, 2.24) is 0 Å². The molecule has 0 bridgehead atoms. The molecule has 15 rings (SSSR count). The van der Waals surface area contributed by atoms with Crippen LogP contribution in [0.5, 0.6) is 0 Å². The van der Waals surface area contributed by atoms with Crippen molar-refractivity contribution in [1.29, 1.82) is 0 Å². The highest BCUT2D eigenvalue weighted by Gasteiger charge is 2.20. The minimum absolute atomic E-state index is 1.23. The molecule has 0 radical (unpaired) electrons. The molecule has 0 aliphatic heterocycles.